The molecule has 1 aliphatic heterocycles. The second kappa shape index (κ2) is 5.09. The number of fused-ring (bicyclic) bond motifs is 1. The first-order valence-electron chi connectivity index (χ1n) is 6.00. The average molecular weight is 322 g/mol. The molecular weight excluding hydrogens is 310 g/mol. The highest BCUT2D eigenvalue weighted by molar-refractivity contribution is 9.10. The first kappa shape index (κ1) is 12.3. The molecule has 1 N–H and O–H groups in total. The van der Waals surface area contributed by atoms with Crippen molar-refractivity contribution in [1.29, 1.82) is 0 Å². The molecule has 0 spiro atoms. The highest BCUT2D eigenvalue weighted by Crippen LogP contribution is 2.37. The van der Waals surface area contributed by atoms with E-state index in [9.17, 15) is 4.79 Å². The van der Waals surface area contributed by atoms with Gasteiger partial charge in [0.15, 0.2) is 0 Å². The number of rotatable bonds is 2. The molecule has 0 fully saturated rings. The molecule has 5 heteroatoms. The SMILES string of the molecule is O=C(N[C@H]1CCOc2c(Br)cccc21)c1ccoc1. The topological polar surface area (TPSA) is 51.5 Å². The zero-order valence-corrected chi connectivity index (χ0v) is 11.6. The molecule has 0 radical (unpaired) electrons. The van der Waals surface area contributed by atoms with Crippen LogP contribution in [0.15, 0.2) is 45.7 Å². The fraction of sp³-hybridized carbons (Fsp3) is 0.214. The number of carbonyl (C=O) groups is 1. The van der Waals surface area contributed by atoms with Crippen LogP contribution < -0.4 is 10.1 Å². The molecule has 1 aromatic heterocycles. The monoisotopic (exact) mass is 321 g/mol. The van der Waals surface area contributed by atoms with Gasteiger partial charge >= 0.3 is 0 Å². The Balaban J connectivity index is 1.84. The van der Waals surface area contributed by atoms with Crippen LogP contribution in [-0.2, 0) is 0 Å². The molecule has 3 rings (SSSR count). The van der Waals surface area contributed by atoms with Gasteiger partial charge in [-0.3, -0.25) is 4.79 Å². The van der Waals surface area contributed by atoms with Crippen molar-refractivity contribution in [2.75, 3.05) is 6.61 Å². The van der Waals surface area contributed by atoms with Crippen molar-refractivity contribution < 1.29 is 13.9 Å². The van der Waals surface area contributed by atoms with Gasteiger partial charge in [-0.1, -0.05) is 12.1 Å². The van der Waals surface area contributed by atoms with Gasteiger partial charge in [0.1, 0.15) is 12.0 Å². The van der Waals surface area contributed by atoms with Crippen molar-refractivity contribution in [3.63, 3.8) is 0 Å². The molecule has 0 saturated carbocycles. The van der Waals surface area contributed by atoms with Crippen LogP contribution in [0.25, 0.3) is 0 Å². The molecular formula is C14H12BrNO3. The number of nitrogens with one attached hydrogen (secondary N) is 1. The lowest BCUT2D eigenvalue weighted by molar-refractivity contribution is 0.0924. The highest BCUT2D eigenvalue weighted by Gasteiger charge is 2.25. The zero-order chi connectivity index (χ0) is 13.2. The van der Waals surface area contributed by atoms with Crippen LogP contribution in [0.4, 0.5) is 0 Å². The maximum absolute atomic E-state index is 12.0. The van der Waals surface area contributed by atoms with Crippen LogP contribution in [0.3, 0.4) is 0 Å². The Hall–Kier alpha value is -1.75. The highest BCUT2D eigenvalue weighted by atomic mass is 79.9. The molecule has 19 heavy (non-hydrogen) atoms. The van der Waals surface area contributed by atoms with Crippen molar-refractivity contribution in [3.8, 4) is 5.75 Å². The Morgan fingerprint density at radius 3 is 3.05 bits per heavy atom. The minimum atomic E-state index is -0.133. The van der Waals surface area contributed by atoms with Gasteiger partial charge in [0.2, 0.25) is 0 Å². The number of hydrogen-bond acceptors (Lipinski definition) is 3. The summed E-state index contributed by atoms with van der Waals surface area (Å²) in [5, 5.41) is 3.00. The first-order valence-corrected chi connectivity index (χ1v) is 6.79. The Morgan fingerprint density at radius 2 is 2.26 bits per heavy atom. The Labute approximate surface area is 118 Å². The molecule has 4 nitrogen and oxygen atoms in total. The van der Waals surface area contributed by atoms with E-state index in [0.717, 1.165) is 22.2 Å². The zero-order valence-electron chi connectivity index (χ0n) is 10.1. The van der Waals surface area contributed by atoms with Gasteiger partial charge < -0.3 is 14.5 Å². The van der Waals surface area contributed by atoms with Crippen molar-refractivity contribution in [1.82, 2.24) is 5.32 Å². The quantitative estimate of drug-likeness (QED) is 0.923. The Kier molecular flexibility index (Phi) is 3.29. The molecule has 0 aliphatic carbocycles. The Morgan fingerprint density at radius 1 is 1.37 bits per heavy atom. The fourth-order valence-corrected chi connectivity index (χ4v) is 2.67. The van der Waals surface area contributed by atoms with Gasteiger partial charge in [0.25, 0.3) is 5.91 Å². The molecule has 1 aliphatic rings. The summed E-state index contributed by atoms with van der Waals surface area (Å²) >= 11 is 3.46. The summed E-state index contributed by atoms with van der Waals surface area (Å²) in [5.74, 6) is 0.679. The lowest BCUT2D eigenvalue weighted by Crippen LogP contribution is -2.32. The van der Waals surface area contributed by atoms with Gasteiger partial charge in [-0.2, -0.15) is 0 Å². The van der Waals surface area contributed by atoms with E-state index in [2.05, 4.69) is 21.2 Å². The van der Waals surface area contributed by atoms with Gasteiger partial charge in [0.05, 0.1) is 28.9 Å². The van der Waals surface area contributed by atoms with Gasteiger partial charge in [-0.15, -0.1) is 0 Å². The van der Waals surface area contributed by atoms with E-state index in [1.54, 1.807) is 6.07 Å². The average Bonchev–Trinajstić information content (AvgIpc) is 2.94. The van der Waals surface area contributed by atoms with Crippen molar-refractivity contribution in [2.24, 2.45) is 0 Å². The van der Waals surface area contributed by atoms with E-state index < -0.39 is 0 Å². The number of amides is 1. The van der Waals surface area contributed by atoms with Crippen LogP contribution in [-0.4, -0.2) is 12.5 Å². The van der Waals surface area contributed by atoms with Gasteiger partial charge in [0, 0.05) is 12.0 Å². The molecule has 2 aromatic rings. The number of para-hydroxylation sites is 1. The maximum Gasteiger partial charge on any atom is 0.255 e. The smallest absolute Gasteiger partial charge is 0.255 e. The molecule has 0 saturated heterocycles. The van der Waals surface area contributed by atoms with Gasteiger partial charge in [-0.25, -0.2) is 0 Å². The van der Waals surface area contributed by atoms with E-state index in [-0.39, 0.29) is 11.9 Å². The van der Waals surface area contributed by atoms with E-state index in [0.29, 0.717) is 12.2 Å². The number of carbonyl (C=O) groups excluding carboxylic acids is 1. The number of benzene rings is 1. The van der Waals surface area contributed by atoms with E-state index in [1.165, 1.54) is 12.5 Å². The number of furan rings is 1. The summed E-state index contributed by atoms with van der Waals surface area (Å²) in [4.78, 5) is 12.0. The Bertz CT molecular complexity index is 595. The standard InChI is InChI=1S/C14H12BrNO3/c15-11-3-1-2-10-12(5-7-19-13(10)11)16-14(17)9-4-6-18-8-9/h1-4,6,8,12H,5,7H2,(H,16,17)/t12-/m0/s1. The van der Waals surface area contributed by atoms with Crippen molar-refractivity contribution in [2.45, 2.75) is 12.5 Å². The van der Waals surface area contributed by atoms with Crippen molar-refractivity contribution >= 4 is 21.8 Å². The molecule has 1 aromatic carbocycles. The predicted molar refractivity (Wildman–Crippen MR) is 73.2 cm³/mol. The molecule has 98 valence electrons. The van der Waals surface area contributed by atoms with Crippen LogP contribution in [0, 0.1) is 0 Å². The molecule has 0 bridgehead atoms. The lowest BCUT2D eigenvalue weighted by atomic mass is 10.0. The van der Waals surface area contributed by atoms with Crippen LogP contribution in [0.2, 0.25) is 0 Å². The van der Waals surface area contributed by atoms with Crippen LogP contribution in [0.5, 0.6) is 5.75 Å². The normalized spacial score (nSPS) is 17.4. The van der Waals surface area contributed by atoms with E-state index >= 15 is 0 Å². The summed E-state index contributed by atoms with van der Waals surface area (Å²) in [7, 11) is 0. The summed E-state index contributed by atoms with van der Waals surface area (Å²) in [5.41, 5.74) is 1.53. The van der Waals surface area contributed by atoms with Crippen molar-refractivity contribution in [3.05, 3.63) is 52.4 Å². The summed E-state index contributed by atoms with van der Waals surface area (Å²) in [6.45, 7) is 0.589. The summed E-state index contributed by atoms with van der Waals surface area (Å²) in [6.07, 6.45) is 3.69. The summed E-state index contributed by atoms with van der Waals surface area (Å²) in [6, 6.07) is 7.45. The molecule has 2 heterocycles. The van der Waals surface area contributed by atoms with Crippen LogP contribution in [0.1, 0.15) is 28.4 Å². The number of halogens is 1. The maximum atomic E-state index is 12.0. The van der Waals surface area contributed by atoms with Crippen LogP contribution >= 0.6 is 15.9 Å². The fourth-order valence-electron chi connectivity index (χ4n) is 2.17. The number of ether oxygens (including phenoxy) is 1. The third kappa shape index (κ3) is 2.38. The lowest BCUT2D eigenvalue weighted by Gasteiger charge is -2.27. The molecule has 1 amide bonds. The van der Waals surface area contributed by atoms with Gasteiger partial charge in [-0.05, 0) is 28.1 Å². The third-order valence-electron chi connectivity index (χ3n) is 3.11. The van der Waals surface area contributed by atoms with E-state index in [1.807, 2.05) is 18.2 Å². The molecule has 1 atom stereocenters. The van der Waals surface area contributed by atoms with E-state index in [4.69, 9.17) is 9.15 Å². The minimum Gasteiger partial charge on any atom is -0.492 e. The second-order valence-electron chi connectivity index (χ2n) is 4.33. The predicted octanol–water partition coefficient (Wildman–Crippen LogP) is 3.30. The summed E-state index contributed by atoms with van der Waals surface area (Å²) < 4.78 is 11.5. The molecule has 0 unspecified atom stereocenters. The third-order valence-corrected chi connectivity index (χ3v) is 3.74. The first-order chi connectivity index (χ1) is 9.25. The number of hydrogen-bond donors (Lipinski definition) is 1. The second-order valence-corrected chi connectivity index (χ2v) is 5.19. The largest absolute Gasteiger partial charge is 0.492 e. The minimum absolute atomic E-state index is 0.0383.